The van der Waals surface area contributed by atoms with E-state index in [1.807, 2.05) is 26.0 Å². The molecule has 4 nitrogen and oxygen atoms in total. The third-order valence-corrected chi connectivity index (χ3v) is 3.20. The Labute approximate surface area is 126 Å². The molecule has 0 aliphatic rings. The number of rotatable bonds is 7. The van der Waals surface area contributed by atoms with Gasteiger partial charge >= 0.3 is 0 Å². The molecule has 2 rings (SSSR count). The van der Waals surface area contributed by atoms with Crippen LogP contribution < -0.4 is 10.1 Å². The summed E-state index contributed by atoms with van der Waals surface area (Å²) in [7, 11) is 0. The minimum atomic E-state index is 0.426. The molecule has 0 aliphatic carbocycles. The lowest BCUT2D eigenvalue weighted by Gasteiger charge is -2.05. The normalized spacial score (nSPS) is 11.1. The van der Waals surface area contributed by atoms with E-state index in [-0.39, 0.29) is 0 Å². The summed E-state index contributed by atoms with van der Waals surface area (Å²) >= 11 is 0. The number of pyridine rings is 1. The van der Waals surface area contributed by atoms with Crippen LogP contribution in [0.4, 0.5) is 0 Å². The van der Waals surface area contributed by atoms with Gasteiger partial charge in [-0.1, -0.05) is 13.8 Å². The smallest absolute Gasteiger partial charge is 0.146 e. The number of ether oxygens (including phenoxy) is 1. The minimum Gasteiger partial charge on any atom is -0.484 e. The average molecular weight is 288 g/mol. The lowest BCUT2D eigenvalue weighted by molar-refractivity contribution is 0.266. The van der Waals surface area contributed by atoms with Gasteiger partial charge in [0, 0.05) is 17.8 Å². The standard InChI is InChI=1S/C17H24N2O2/c1-12(2)8-18-9-15-7-17(21-14(15)4)11-20-16-6-5-13(3)19-10-16/h5-7,10,12,18H,8-9,11H2,1-4H3. The highest BCUT2D eigenvalue weighted by molar-refractivity contribution is 5.22. The highest BCUT2D eigenvalue weighted by atomic mass is 16.5. The predicted octanol–water partition coefficient (Wildman–Crippen LogP) is 3.62. The van der Waals surface area contributed by atoms with Crippen LogP contribution in [0.15, 0.2) is 28.8 Å². The van der Waals surface area contributed by atoms with E-state index in [0.29, 0.717) is 12.5 Å². The summed E-state index contributed by atoms with van der Waals surface area (Å²) in [5, 5.41) is 3.42. The largest absolute Gasteiger partial charge is 0.484 e. The fraction of sp³-hybridized carbons (Fsp3) is 0.471. The molecule has 0 saturated carbocycles. The number of hydrogen-bond donors (Lipinski definition) is 1. The number of furan rings is 1. The quantitative estimate of drug-likeness (QED) is 0.845. The van der Waals surface area contributed by atoms with Gasteiger partial charge in [-0.05, 0) is 44.5 Å². The first kappa shape index (κ1) is 15.6. The molecule has 0 saturated heterocycles. The first-order chi connectivity index (χ1) is 10.0. The van der Waals surface area contributed by atoms with E-state index in [1.165, 1.54) is 5.56 Å². The summed E-state index contributed by atoms with van der Waals surface area (Å²) in [5.41, 5.74) is 2.17. The van der Waals surface area contributed by atoms with Crippen molar-refractivity contribution < 1.29 is 9.15 Å². The highest BCUT2D eigenvalue weighted by Gasteiger charge is 2.08. The zero-order valence-corrected chi connectivity index (χ0v) is 13.3. The Kier molecular flexibility index (Phi) is 5.39. The Morgan fingerprint density at radius 2 is 2.10 bits per heavy atom. The second-order valence-electron chi connectivity index (χ2n) is 5.74. The van der Waals surface area contributed by atoms with E-state index in [2.05, 4.69) is 30.2 Å². The van der Waals surface area contributed by atoms with Crippen LogP contribution in [0, 0.1) is 19.8 Å². The Balaban J connectivity index is 1.87. The van der Waals surface area contributed by atoms with Gasteiger partial charge in [0.25, 0.3) is 0 Å². The van der Waals surface area contributed by atoms with Gasteiger partial charge < -0.3 is 14.5 Å². The van der Waals surface area contributed by atoms with Gasteiger partial charge in [0.15, 0.2) is 0 Å². The first-order valence-electron chi connectivity index (χ1n) is 7.39. The summed E-state index contributed by atoms with van der Waals surface area (Å²) in [6.45, 7) is 10.6. The molecule has 0 atom stereocenters. The molecule has 0 bridgehead atoms. The minimum absolute atomic E-state index is 0.426. The molecule has 0 aromatic carbocycles. The lowest BCUT2D eigenvalue weighted by atomic mass is 10.2. The maximum absolute atomic E-state index is 5.73. The van der Waals surface area contributed by atoms with Gasteiger partial charge in [-0.2, -0.15) is 0 Å². The van der Waals surface area contributed by atoms with Crippen molar-refractivity contribution in [3.63, 3.8) is 0 Å². The van der Waals surface area contributed by atoms with E-state index >= 15 is 0 Å². The Hall–Kier alpha value is -1.81. The molecule has 0 spiro atoms. The Morgan fingerprint density at radius 3 is 2.76 bits per heavy atom. The molecule has 2 aromatic rings. The second-order valence-corrected chi connectivity index (χ2v) is 5.74. The molecule has 21 heavy (non-hydrogen) atoms. The average Bonchev–Trinajstić information content (AvgIpc) is 2.78. The van der Waals surface area contributed by atoms with E-state index in [1.54, 1.807) is 6.20 Å². The van der Waals surface area contributed by atoms with Crippen molar-refractivity contribution >= 4 is 0 Å². The number of nitrogens with one attached hydrogen (secondary N) is 1. The summed E-state index contributed by atoms with van der Waals surface area (Å²) in [6.07, 6.45) is 1.73. The predicted molar refractivity (Wildman–Crippen MR) is 83.3 cm³/mol. The van der Waals surface area contributed by atoms with Crippen molar-refractivity contribution in [3.8, 4) is 5.75 Å². The Morgan fingerprint density at radius 1 is 1.29 bits per heavy atom. The van der Waals surface area contributed by atoms with E-state index in [4.69, 9.17) is 9.15 Å². The van der Waals surface area contributed by atoms with Crippen LogP contribution in [-0.2, 0) is 13.2 Å². The molecule has 4 heteroatoms. The molecule has 2 heterocycles. The lowest BCUT2D eigenvalue weighted by Crippen LogP contribution is -2.18. The second kappa shape index (κ2) is 7.27. The summed E-state index contributed by atoms with van der Waals surface area (Å²) < 4.78 is 11.4. The van der Waals surface area contributed by atoms with Gasteiger partial charge in [-0.3, -0.25) is 4.98 Å². The SMILES string of the molecule is Cc1ccc(OCc2cc(CNCC(C)C)c(C)o2)cn1. The maximum Gasteiger partial charge on any atom is 0.146 e. The molecular weight excluding hydrogens is 264 g/mol. The van der Waals surface area contributed by atoms with Crippen LogP contribution in [-0.4, -0.2) is 11.5 Å². The Bertz CT molecular complexity index is 559. The zero-order chi connectivity index (χ0) is 15.2. The monoisotopic (exact) mass is 288 g/mol. The fourth-order valence-electron chi connectivity index (χ4n) is 2.02. The van der Waals surface area contributed by atoms with Crippen molar-refractivity contribution in [1.29, 1.82) is 0 Å². The molecule has 1 N–H and O–H groups in total. The molecule has 0 fully saturated rings. The van der Waals surface area contributed by atoms with Crippen molar-refractivity contribution in [3.05, 3.63) is 47.2 Å². The topological polar surface area (TPSA) is 47.3 Å². The van der Waals surface area contributed by atoms with Gasteiger partial charge in [-0.15, -0.1) is 0 Å². The molecule has 0 amide bonds. The molecule has 2 aromatic heterocycles. The zero-order valence-electron chi connectivity index (χ0n) is 13.3. The van der Waals surface area contributed by atoms with Crippen LogP contribution in [0.3, 0.4) is 0 Å². The van der Waals surface area contributed by atoms with Crippen LogP contribution in [0.25, 0.3) is 0 Å². The maximum atomic E-state index is 5.73. The van der Waals surface area contributed by atoms with Crippen molar-refractivity contribution in [1.82, 2.24) is 10.3 Å². The van der Waals surface area contributed by atoms with E-state index in [9.17, 15) is 0 Å². The van der Waals surface area contributed by atoms with Crippen molar-refractivity contribution in [2.75, 3.05) is 6.54 Å². The summed E-state index contributed by atoms with van der Waals surface area (Å²) in [6, 6.07) is 5.91. The summed E-state index contributed by atoms with van der Waals surface area (Å²) in [4.78, 5) is 4.21. The van der Waals surface area contributed by atoms with Crippen LogP contribution in [0.2, 0.25) is 0 Å². The van der Waals surface area contributed by atoms with Gasteiger partial charge in [-0.25, -0.2) is 0 Å². The number of aromatic nitrogens is 1. The molecule has 0 aliphatic heterocycles. The van der Waals surface area contributed by atoms with Crippen LogP contribution >= 0.6 is 0 Å². The molecular formula is C17H24N2O2. The van der Waals surface area contributed by atoms with Gasteiger partial charge in [0.1, 0.15) is 23.9 Å². The highest BCUT2D eigenvalue weighted by Crippen LogP contribution is 2.17. The molecule has 114 valence electrons. The summed E-state index contributed by atoms with van der Waals surface area (Å²) in [5.74, 6) is 3.20. The fourth-order valence-corrected chi connectivity index (χ4v) is 2.02. The third-order valence-electron chi connectivity index (χ3n) is 3.20. The van der Waals surface area contributed by atoms with Crippen molar-refractivity contribution in [2.24, 2.45) is 5.92 Å². The van der Waals surface area contributed by atoms with Crippen molar-refractivity contribution in [2.45, 2.75) is 40.8 Å². The van der Waals surface area contributed by atoms with Crippen LogP contribution in [0.5, 0.6) is 5.75 Å². The molecule has 0 unspecified atom stereocenters. The van der Waals surface area contributed by atoms with Gasteiger partial charge in [0.05, 0.1) is 6.20 Å². The van der Waals surface area contributed by atoms with E-state index < -0.39 is 0 Å². The first-order valence-corrected chi connectivity index (χ1v) is 7.39. The number of nitrogens with zero attached hydrogens (tertiary/aromatic N) is 1. The van der Waals surface area contributed by atoms with Gasteiger partial charge in [0.2, 0.25) is 0 Å². The molecule has 0 radical (unpaired) electrons. The third kappa shape index (κ3) is 4.90. The van der Waals surface area contributed by atoms with Crippen LogP contribution in [0.1, 0.15) is 36.6 Å². The number of hydrogen-bond acceptors (Lipinski definition) is 4. The van der Waals surface area contributed by atoms with E-state index in [0.717, 1.165) is 36.1 Å². The number of aryl methyl sites for hydroxylation is 2.